The molecule has 0 radical (unpaired) electrons. The summed E-state index contributed by atoms with van der Waals surface area (Å²) < 4.78 is 0. The lowest BCUT2D eigenvalue weighted by atomic mass is 9.81. The minimum atomic E-state index is -0.471. The van der Waals surface area contributed by atoms with E-state index in [-0.39, 0.29) is 0 Å². The van der Waals surface area contributed by atoms with Gasteiger partial charge in [0, 0.05) is 11.3 Å². The van der Waals surface area contributed by atoms with E-state index < -0.39 is 6.10 Å². The smallest absolute Gasteiger partial charge is 0.142 e. The predicted octanol–water partition coefficient (Wildman–Crippen LogP) is 3.24. The van der Waals surface area contributed by atoms with Gasteiger partial charge in [-0.15, -0.1) is 0 Å². The fourth-order valence-corrected chi connectivity index (χ4v) is 2.44. The summed E-state index contributed by atoms with van der Waals surface area (Å²) in [5.74, 6) is 1.14. The molecule has 0 bridgehead atoms. The Morgan fingerprint density at radius 1 is 1.59 bits per heavy atom. The predicted molar refractivity (Wildman–Crippen MR) is 69.9 cm³/mol. The number of nitrogens with two attached hydrogens (primary N) is 1. The van der Waals surface area contributed by atoms with Crippen LogP contribution in [0.25, 0.3) is 0 Å². The van der Waals surface area contributed by atoms with Gasteiger partial charge in [0.25, 0.3) is 0 Å². The average Bonchev–Trinajstić information content (AvgIpc) is 2.21. The van der Waals surface area contributed by atoms with Crippen LogP contribution in [0.1, 0.15) is 49.5 Å². The van der Waals surface area contributed by atoms with Gasteiger partial charge in [0.05, 0.1) is 11.1 Å². The standard InChI is InChI=1S/C13H19ClN2O/c1-8-10(7-11(14)13(15)16-8)12(17)6-5-9-3-2-4-9/h7,9,12,17H,2-6H2,1H3,(H2,15,16)/t12-/m0/s1. The van der Waals surface area contributed by atoms with Crippen LogP contribution in [0.5, 0.6) is 0 Å². The van der Waals surface area contributed by atoms with Gasteiger partial charge in [-0.3, -0.25) is 0 Å². The number of rotatable bonds is 4. The van der Waals surface area contributed by atoms with E-state index in [4.69, 9.17) is 17.3 Å². The zero-order valence-electron chi connectivity index (χ0n) is 10.1. The highest BCUT2D eigenvalue weighted by molar-refractivity contribution is 6.32. The van der Waals surface area contributed by atoms with Crippen molar-refractivity contribution in [2.24, 2.45) is 5.92 Å². The lowest BCUT2D eigenvalue weighted by Gasteiger charge is -2.26. The number of aliphatic hydroxyl groups is 1. The summed E-state index contributed by atoms with van der Waals surface area (Å²) in [6.07, 6.45) is 5.37. The lowest BCUT2D eigenvalue weighted by Crippen LogP contribution is -2.13. The Kier molecular flexibility index (Phi) is 3.89. The summed E-state index contributed by atoms with van der Waals surface area (Å²) in [4.78, 5) is 4.14. The first-order valence-corrected chi connectivity index (χ1v) is 6.56. The third-order valence-electron chi connectivity index (χ3n) is 3.66. The van der Waals surface area contributed by atoms with Crippen molar-refractivity contribution in [3.63, 3.8) is 0 Å². The van der Waals surface area contributed by atoms with E-state index >= 15 is 0 Å². The Balaban J connectivity index is 2.01. The number of aryl methyl sites for hydroxylation is 1. The van der Waals surface area contributed by atoms with Crippen LogP contribution in [-0.2, 0) is 0 Å². The summed E-state index contributed by atoms with van der Waals surface area (Å²) >= 11 is 5.93. The van der Waals surface area contributed by atoms with Crippen molar-refractivity contribution < 1.29 is 5.11 Å². The Bertz CT molecular complexity index is 405. The molecule has 0 aliphatic heterocycles. The maximum atomic E-state index is 10.1. The van der Waals surface area contributed by atoms with E-state index in [0.29, 0.717) is 10.8 Å². The first-order chi connectivity index (χ1) is 8.08. The van der Waals surface area contributed by atoms with E-state index in [1.165, 1.54) is 19.3 Å². The van der Waals surface area contributed by atoms with Gasteiger partial charge in [0.1, 0.15) is 5.82 Å². The van der Waals surface area contributed by atoms with Gasteiger partial charge in [0.15, 0.2) is 0 Å². The quantitative estimate of drug-likeness (QED) is 0.867. The van der Waals surface area contributed by atoms with Crippen LogP contribution >= 0.6 is 11.6 Å². The minimum absolute atomic E-state index is 0.333. The molecule has 1 atom stereocenters. The maximum absolute atomic E-state index is 10.1. The molecule has 0 aromatic carbocycles. The fourth-order valence-electron chi connectivity index (χ4n) is 2.28. The molecule has 1 aromatic heterocycles. The van der Waals surface area contributed by atoms with E-state index in [1.807, 2.05) is 6.92 Å². The maximum Gasteiger partial charge on any atom is 0.142 e. The van der Waals surface area contributed by atoms with Crippen molar-refractivity contribution in [1.29, 1.82) is 0 Å². The highest BCUT2D eigenvalue weighted by Gasteiger charge is 2.20. The van der Waals surface area contributed by atoms with Gasteiger partial charge < -0.3 is 10.8 Å². The van der Waals surface area contributed by atoms with Crippen molar-refractivity contribution in [3.05, 3.63) is 22.3 Å². The monoisotopic (exact) mass is 254 g/mol. The lowest BCUT2D eigenvalue weighted by molar-refractivity contribution is 0.144. The highest BCUT2D eigenvalue weighted by Crippen LogP contribution is 2.34. The summed E-state index contributed by atoms with van der Waals surface area (Å²) in [6, 6.07) is 1.74. The molecule has 2 rings (SSSR count). The molecule has 1 fully saturated rings. The van der Waals surface area contributed by atoms with Crippen LogP contribution in [0.2, 0.25) is 5.02 Å². The topological polar surface area (TPSA) is 59.1 Å². The molecule has 1 heterocycles. The molecule has 1 aliphatic carbocycles. The second kappa shape index (κ2) is 5.23. The second-order valence-corrected chi connectivity index (χ2v) is 5.33. The van der Waals surface area contributed by atoms with E-state index in [2.05, 4.69) is 4.98 Å². The van der Waals surface area contributed by atoms with Gasteiger partial charge in [0.2, 0.25) is 0 Å². The van der Waals surface area contributed by atoms with Crippen LogP contribution in [0.4, 0.5) is 5.82 Å². The zero-order valence-corrected chi connectivity index (χ0v) is 10.9. The molecule has 0 spiro atoms. The average molecular weight is 255 g/mol. The molecule has 3 nitrogen and oxygen atoms in total. The summed E-state index contributed by atoms with van der Waals surface area (Å²) in [6.45, 7) is 1.86. The second-order valence-electron chi connectivity index (χ2n) is 4.92. The molecular weight excluding hydrogens is 236 g/mol. The van der Waals surface area contributed by atoms with Crippen molar-refractivity contribution in [3.8, 4) is 0 Å². The van der Waals surface area contributed by atoms with E-state index in [9.17, 15) is 5.11 Å². The number of nitrogen functional groups attached to an aromatic ring is 1. The van der Waals surface area contributed by atoms with Crippen molar-refractivity contribution in [1.82, 2.24) is 4.98 Å². The summed E-state index contributed by atoms with van der Waals surface area (Å²) in [5.41, 5.74) is 7.20. The van der Waals surface area contributed by atoms with Gasteiger partial charge >= 0.3 is 0 Å². The molecule has 1 aromatic rings. The Morgan fingerprint density at radius 2 is 2.29 bits per heavy atom. The van der Waals surface area contributed by atoms with Gasteiger partial charge in [-0.25, -0.2) is 4.98 Å². The first-order valence-electron chi connectivity index (χ1n) is 6.18. The number of aromatic nitrogens is 1. The Hall–Kier alpha value is -0.800. The van der Waals surface area contributed by atoms with Gasteiger partial charge in [-0.1, -0.05) is 30.9 Å². The number of halogens is 1. The molecule has 1 saturated carbocycles. The SMILES string of the molecule is Cc1nc(N)c(Cl)cc1[C@@H](O)CCC1CCC1. The van der Waals surface area contributed by atoms with Gasteiger partial charge in [-0.05, 0) is 31.7 Å². The molecule has 94 valence electrons. The number of hydrogen-bond donors (Lipinski definition) is 2. The fraction of sp³-hybridized carbons (Fsp3) is 0.615. The molecule has 0 unspecified atom stereocenters. The number of aliphatic hydroxyl groups excluding tert-OH is 1. The molecule has 0 saturated heterocycles. The molecule has 3 N–H and O–H groups in total. The first kappa shape index (κ1) is 12.7. The van der Waals surface area contributed by atoms with Crippen LogP contribution in [0, 0.1) is 12.8 Å². The highest BCUT2D eigenvalue weighted by atomic mass is 35.5. The number of hydrogen-bond acceptors (Lipinski definition) is 3. The Morgan fingerprint density at radius 3 is 2.88 bits per heavy atom. The van der Waals surface area contributed by atoms with Crippen molar-refractivity contribution in [2.75, 3.05) is 5.73 Å². The number of anilines is 1. The van der Waals surface area contributed by atoms with Crippen LogP contribution < -0.4 is 5.73 Å². The molecule has 4 heteroatoms. The number of nitrogens with zero attached hydrogens (tertiary/aromatic N) is 1. The molecule has 1 aliphatic rings. The third-order valence-corrected chi connectivity index (χ3v) is 3.97. The van der Waals surface area contributed by atoms with E-state index in [0.717, 1.165) is 30.0 Å². The van der Waals surface area contributed by atoms with Gasteiger partial charge in [-0.2, -0.15) is 0 Å². The van der Waals surface area contributed by atoms with Crippen LogP contribution in [-0.4, -0.2) is 10.1 Å². The third kappa shape index (κ3) is 2.90. The van der Waals surface area contributed by atoms with Crippen LogP contribution in [0.15, 0.2) is 6.07 Å². The molecule has 0 amide bonds. The van der Waals surface area contributed by atoms with E-state index in [1.54, 1.807) is 6.07 Å². The molecule has 17 heavy (non-hydrogen) atoms. The summed E-state index contributed by atoms with van der Waals surface area (Å²) in [7, 11) is 0. The number of pyridine rings is 1. The zero-order chi connectivity index (χ0) is 12.4. The van der Waals surface area contributed by atoms with Crippen molar-refractivity contribution in [2.45, 2.75) is 45.1 Å². The largest absolute Gasteiger partial charge is 0.388 e. The normalized spacial score (nSPS) is 17.8. The molecular formula is C13H19ClN2O. The van der Waals surface area contributed by atoms with Crippen LogP contribution in [0.3, 0.4) is 0 Å². The Labute approximate surface area is 107 Å². The van der Waals surface area contributed by atoms with Crippen molar-refractivity contribution >= 4 is 17.4 Å². The summed E-state index contributed by atoms with van der Waals surface area (Å²) in [5, 5.41) is 10.6. The minimum Gasteiger partial charge on any atom is -0.388 e.